The van der Waals surface area contributed by atoms with Gasteiger partial charge in [-0.15, -0.1) is 5.10 Å². The molecule has 4 heteroatoms. The topological polar surface area (TPSA) is 56.7 Å². The molecule has 1 aromatic heterocycles. The molecule has 0 bridgehead atoms. The van der Waals surface area contributed by atoms with E-state index >= 15 is 0 Å². The quantitative estimate of drug-likeness (QED) is 0.873. The van der Waals surface area contributed by atoms with E-state index < -0.39 is 0 Å². The van der Waals surface area contributed by atoms with Crippen LogP contribution >= 0.6 is 0 Å². The maximum absolute atomic E-state index is 6.10. The maximum atomic E-state index is 6.10. The molecule has 2 N–H and O–H groups in total. The first-order chi connectivity index (χ1) is 8.76. The first-order valence-electron chi connectivity index (χ1n) is 7.43. The molecule has 1 aliphatic rings. The largest absolute Gasteiger partial charge is 0.323 e. The molecular weight excluding hydrogens is 224 g/mol. The Bertz CT molecular complexity index is 360. The molecular formula is C14H26N4. The van der Waals surface area contributed by atoms with E-state index in [2.05, 4.69) is 35.0 Å². The summed E-state index contributed by atoms with van der Waals surface area (Å²) < 4.78 is 2.08. The van der Waals surface area contributed by atoms with Crippen molar-refractivity contribution in [2.75, 3.05) is 0 Å². The lowest BCUT2D eigenvalue weighted by molar-refractivity contribution is 0.214. The lowest BCUT2D eigenvalue weighted by Crippen LogP contribution is -2.23. The van der Waals surface area contributed by atoms with Gasteiger partial charge < -0.3 is 5.73 Å². The number of rotatable bonds is 5. The summed E-state index contributed by atoms with van der Waals surface area (Å²) in [4.78, 5) is 0. The van der Waals surface area contributed by atoms with Gasteiger partial charge in [-0.3, -0.25) is 0 Å². The van der Waals surface area contributed by atoms with Gasteiger partial charge >= 0.3 is 0 Å². The first-order valence-corrected chi connectivity index (χ1v) is 7.43. The van der Waals surface area contributed by atoms with Gasteiger partial charge in [0.2, 0.25) is 0 Å². The lowest BCUT2D eigenvalue weighted by Gasteiger charge is -2.30. The second-order valence-electron chi connectivity index (χ2n) is 5.54. The summed E-state index contributed by atoms with van der Waals surface area (Å²) >= 11 is 0. The molecule has 1 aromatic rings. The molecule has 1 aliphatic carbocycles. The van der Waals surface area contributed by atoms with Crippen LogP contribution in [0.3, 0.4) is 0 Å². The predicted octanol–water partition coefficient (Wildman–Crippen LogP) is 3.22. The Morgan fingerprint density at radius 1 is 1.39 bits per heavy atom. The first kappa shape index (κ1) is 13.5. The molecule has 18 heavy (non-hydrogen) atoms. The average molecular weight is 250 g/mol. The third-order valence-electron chi connectivity index (χ3n) is 4.24. The minimum absolute atomic E-state index is 0.0485. The normalized spacial score (nSPS) is 26.2. The van der Waals surface area contributed by atoms with Crippen molar-refractivity contribution in [2.45, 2.75) is 70.9 Å². The van der Waals surface area contributed by atoms with Gasteiger partial charge in [0.25, 0.3) is 0 Å². The van der Waals surface area contributed by atoms with Crippen LogP contribution in [0.5, 0.6) is 0 Å². The van der Waals surface area contributed by atoms with Crippen molar-refractivity contribution in [1.29, 1.82) is 0 Å². The number of hydrogen-bond acceptors (Lipinski definition) is 3. The van der Waals surface area contributed by atoms with Crippen LogP contribution in [0.25, 0.3) is 0 Å². The number of hydrogen-bond donors (Lipinski definition) is 1. The van der Waals surface area contributed by atoms with Gasteiger partial charge in [0, 0.05) is 0 Å². The summed E-state index contributed by atoms with van der Waals surface area (Å²) in [6, 6.07) is 0.589. The summed E-state index contributed by atoms with van der Waals surface area (Å²) in [5, 5.41) is 8.59. The molecule has 2 rings (SSSR count). The van der Waals surface area contributed by atoms with Crippen molar-refractivity contribution in [3.63, 3.8) is 0 Å². The van der Waals surface area contributed by atoms with E-state index in [1.807, 2.05) is 0 Å². The van der Waals surface area contributed by atoms with Gasteiger partial charge in [0.1, 0.15) is 0 Å². The van der Waals surface area contributed by atoms with Crippen molar-refractivity contribution < 1.29 is 0 Å². The molecule has 0 amide bonds. The van der Waals surface area contributed by atoms with Crippen LogP contribution in [0.2, 0.25) is 0 Å². The molecule has 0 aliphatic heterocycles. The monoisotopic (exact) mass is 250 g/mol. The Kier molecular flexibility index (Phi) is 4.75. The van der Waals surface area contributed by atoms with Crippen molar-refractivity contribution in [1.82, 2.24) is 15.0 Å². The van der Waals surface area contributed by atoms with E-state index in [1.54, 1.807) is 0 Å². The standard InChI is InChI=1S/C14H26N4/c1-3-7-12(15)13-10-18(17-16-13)14-9-6-5-8-11(14)4-2/h10-12,14H,3-9,15H2,1-2H3. The summed E-state index contributed by atoms with van der Waals surface area (Å²) in [5.74, 6) is 0.760. The molecule has 3 atom stereocenters. The van der Waals surface area contributed by atoms with Gasteiger partial charge in [-0.1, -0.05) is 44.7 Å². The van der Waals surface area contributed by atoms with Crippen molar-refractivity contribution in [2.24, 2.45) is 11.7 Å². The molecule has 4 nitrogen and oxygen atoms in total. The van der Waals surface area contributed by atoms with Crippen molar-refractivity contribution >= 4 is 0 Å². The summed E-state index contributed by atoms with van der Waals surface area (Å²) in [7, 11) is 0. The Balaban J connectivity index is 2.08. The van der Waals surface area contributed by atoms with Crippen LogP contribution in [0.1, 0.15) is 76.6 Å². The third-order valence-corrected chi connectivity index (χ3v) is 4.24. The minimum Gasteiger partial charge on any atom is -0.323 e. The SMILES string of the molecule is CCCC(N)c1cn(C2CCCCC2CC)nn1. The summed E-state index contributed by atoms with van der Waals surface area (Å²) in [5.41, 5.74) is 7.06. The van der Waals surface area contributed by atoms with Crippen LogP contribution in [-0.2, 0) is 0 Å². The fourth-order valence-corrected chi connectivity index (χ4v) is 3.09. The van der Waals surface area contributed by atoms with E-state index in [0.29, 0.717) is 6.04 Å². The van der Waals surface area contributed by atoms with Crippen LogP contribution in [-0.4, -0.2) is 15.0 Å². The Morgan fingerprint density at radius 3 is 2.89 bits per heavy atom. The van der Waals surface area contributed by atoms with Gasteiger partial charge in [-0.25, -0.2) is 4.68 Å². The molecule has 3 unspecified atom stereocenters. The van der Waals surface area contributed by atoms with Crippen LogP contribution in [0, 0.1) is 5.92 Å². The molecule has 1 heterocycles. The zero-order valence-electron chi connectivity index (χ0n) is 11.7. The molecule has 1 fully saturated rings. The number of nitrogens with two attached hydrogens (primary N) is 1. The highest BCUT2D eigenvalue weighted by atomic mass is 15.4. The van der Waals surface area contributed by atoms with Crippen LogP contribution in [0.15, 0.2) is 6.20 Å². The van der Waals surface area contributed by atoms with Gasteiger partial charge in [-0.2, -0.15) is 0 Å². The summed E-state index contributed by atoms with van der Waals surface area (Å²) in [6.45, 7) is 4.43. The third kappa shape index (κ3) is 2.91. The van der Waals surface area contributed by atoms with Crippen molar-refractivity contribution in [3.05, 3.63) is 11.9 Å². The zero-order chi connectivity index (χ0) is 13.0. The van der Waals surface area contributed by atoms with Crippen LogP contribution < -0.4 is 5.73 Å². The molecule has 0 aromatic carbocycles. The van der Waals surface area contributed by atoms with E-state index in [0.717, 1.165) is 24.5 Å². The minimum atomic E-state index is 0.0485. The highest BCUT2D eigenvalue weighted by molar-refractivity contribution is 5.00. The van der Waals surface area contributed by atoms with E-state index in [4.69, 9.17) is 5.73 Å². The molecule has 1 saturated carbocycles. The Morgan fingerprint density at radius 2 is 2.17 bits per heavy atom. The van der Waals surface area contributed by atoms with E-state index in [-0.39, 0.29) is 6.04 Å². The highest BCUT2D eigenvalue weighted by Gasteiger charge is 2.26. The van der Waals surface area contributed by atoms with Gasteiger partial charge in [-0.05, 0) is 25.2 Å². The second-order valence-corrected chi connectivity index (χ2v) is 5.54. The van der Waals surface area contributed by atoms with Gasteiger partial charge in [0.15, 0.2) is 0 Å². The maximum Gasteiger partial charge on any atom is 0.0994 e. The summed E-state index contributed by atoms with van der Waals surface area (Å²) in [6.07, 6.45) is 10.7. The van der Waals surface area contributed by atoms with Gasteiger partial charge in [0.05, 0.1) is 24.0 Å². The van der Waals surface area contributed by atoms with E-state index in [9.17, 15) is 0 Å². The Labute approximate surface area is 110 Å². The second kappa shape index (κ2) is 6.32. The predicted molar refractivity (Wildman–Crippen MR) is 73.1 cm³/mol. The smallest absolute Gasteiger partial charge is 0.0994 e. The molecule has 102 valence electrons. The van der Waals surface area contributed by atoms with E-state index in [1.165, 1.54) is 32.1 Å². The highest BCUT2D eigenvalue weighted by Crippen LogP contribution is 2.35. The lowest BCUT2D eigenvalue weighted by atomic mass is 9.83. The number of nitrogens with zero attached hydrogens (tertiary/aromatic N) is 3. The fraction of sp³-hybridized carbons (Fsp3) is 0.857. The molecule has 0 spiro atoms. The number of aromatic nitrogens is 3. The molecule has 0 radical (unpaired) electrons. The zero-order valence-corrected chi connectivity index (χ0v) is 11.7. The average Bonchev–Trinajstić information content (AvgIpc) is 2.88. The Hall–Kier alpha value is -0.900. The van der Waals surface area contributed by atoms with Crippen molar-refractivity contribution in [3.8, 4) is 0 Å². The fourth-order valence-electron chi connectivity index (χ4n) is 3.09. The molecule has 0 saturated heterocycles. The van der Waals surface area contributed by atoms with Crippen LogP contribution in [0.4, 0.5) is 0 Å².